The number of hydrogen-bond donors (Lipinski definition) is 0. The summed E-state index contributed by atoms with van der Waals surface area (Å²) in [4.78, 5) is 2.39. The van der Waals surface area contributed by atoms with Crippen LogP contribution < -0.4 is 4.90 Å². The molecule has 3 aromatic heterocycles. The van der Waals surface area contributed by atoms with Gasteiger partial charge in [0.1, 0.15) is 22.3 Å². The fraction of sp³-hybridized carbons (Fsp3) is 0. The molecule has 4 nitrogen and oxygen atoms in total. The Kier molecular flexibility index (Phi) is 6.60. The number of aromatic nitrogens is 1. The molecule has 0 atom stereocenters. The molecule has 262 valence electrons. The van der Waals surface area contributed by atoms with Gasteiger partial charge < -0.3 is 18.3 Å². The molecule has 0 aliphatic heterocycles. The highest BCUT2D eigenvalue weighted by atomic mass is 16.3. The molecule has 0 unspecified atom stereocenters. The predicted octanol–water partition coefficient (Wildman–Crippen LogP) is 14.9. The second kappa shape index (κ2) is 12.0. The maximum atomic E-state index is 6.53. The van der Waals surface area contributed by atoms with Crippen LogP contribution in [0, 0.1) is 0 Å². The zero-order chi connectivity index (χ0) is 36.7. The molecule has 12 aromatic rings. The van der Waals surface area contributed by atoms with E-state index in [0.29, 0.717) is 0 Å². The van der Waals surface area contributed by atoms with Gasteiger partial charge in [-0.1, -0.05) is 115 Å². The number of furan rings is 2. The molecule has 9 aromatic carbocycles. The lowest BCUT2D eigenvalue weighted by atomic mass is 9.98. The van der Waals surface area contributed by atoms with Gasteiger partial charge in [-0.2, -0.15) is 0 Å². The van der Waals surface area contributed by atoms with Gasteiger partial charge in [0.2, 0.25) is 0 Å². The maximum absolute atomic E-state index is 6.53. The summed E-state index contributed by atoms with van der Waals surface area (Å²) in [5.74, 6) is 0. The topological polar surface area (TPSA) is 34.5 Å². The van der Waals surface area contributed by atoms with Crippen molar-refractivity contribution in [3.8, 4) is 16.8 Å². The van der Waals surface area contributed by atoms with E-state index in [2.05, 4.69) is 191 Å². The molecular weight excluding hydrogens is 685 g/mol. The number of rotatable bonds is 5. The van der Waals surface area contributed by atoms with Crippen LogP contribution in [0.2, 0.25) is 0 Å². The fourth-order valence-electron chi connectivity index (χ4n) is 8.89. The van der Waals surface area contributed by atoms with Crippen LogP contribution in [0.5, 0.6) is 0 Å². The van der Waals surface area contributed by atoms with Gasteiger partial charge in [-0.25, -0.2) is 0 Å². The lowest BCUT2D eigenvalue weighted by Crippen LogP contribution is -2.11. The van der Waals surface area contributed by atoms with Crippen LogP contribution in [-0.4, -0.2) is 4.57 Å². The summed E-state index contributed by atoms with van der Waals surface area (Å²) in [6.07, 6.45) is 0. The Balaban J connectivity index is 1.08. The average molecular weight is 717 g/mol. The smallest absolute Gasteiger partial charge is 0.143 e. The molecule has 0 fully saturated rings. The molecule has 12 rings (SSSR count). The Hall–Kier alpha value is -7.56. The van der Waals surface area contributed by atoms with Crippen molar-refractivity contribution in [2.75, 3.05) is 4.90 Å². The Morgan fingerprint density at radius 3 is 1.86 bits per heavy atom. The molecule has 0 spiro atoms. The maximum Gasteiger partial charge on any atom is 0.143 e. The minimum absolute atomic E-state index is 0.853. The molecule has 0 bridgehead atoms. The van der Waals surface area contributed by atoms with Gasteiger partial charge in [0.05, 0.1) is 27.8 Å². The van der Waals surface area contributed by atoms with E-state index in [1.807, 2.05) is 12.1 Å². The van der Waals surface area contributed by atoms with E-state index < -0.39 is 0 Å². The molecule has 4 heteroatoms. The van der Waals surface area contributed by atoms with Crippen LogP contribution in [0.1, 0.15) is 0 Å². The van der Waals surface area contributed by atoms with E-state index in [4.69, 9.17) is 8.83 Å². The van der Waals surface area contributed by atoms with Crippen molar-refractivity contribution in [3.63, 3.8) is 0 Å². The normalized spacial score (nSPS) is 11.9. The largest absolute Gasteiger partial charge is 0.456 e. The zero-order valence-electron chi connectivity index (χ0n) is 30.2. The number of hydrogen-bond acceptors (Lipinski definition) is 3. The van der Waals surface area contributed by atoms with Gasteiger partial charge in [-0.15, -0.1) is 0 Å². The molecular formula is C52H32N2O2. The first-order chi connectivity index (χ1) is 27.8. The van der Waals surface area contributed by atoms with Crippen LogP contribution in [0.15, 0.2) is 203 Å². The Labute approximate surface area is 321 Å². The zero-order valence-corrected chi connectivity index (χ0v) is 30.2. The fourth-order valence-corrected chi connectivity index (χ4v) is 8.89. The molecule has 0 radical (unpaired) electrons. The van der Waals surface area contributed by atoms with Gasteiger partial charge >= 0.3 is 0 Å². The highest BCUT2D eigenvalue weighted by molar-refractivity contribution is 6.17. The second-order valence-corrected chi connectivity index (χ2v) is 14.5. The monoisotopic (exact) mass is 716 g/mol. The van der Waals surface area contributed by atoms with E-state index in [1.54, 1.807) is 0 Å². The molecule has 0 amide bonds. The van der Waals surface area contributed by atoms with Crippen molar-refractivity contribution in [1.82, 2.24) is 4.57 Å². The van der Waals surface area contributed by atoms with Crippen LogP contribution in [-0.2, 0) is 0 Å². The summed E-state index contributed by atoms with van der Waals surface area (Å²) in [5.41, 5.74) is 12.4. The van der Waals surface area contributed by atoms with Crippen molar-refractivity contribution >= 4 is 93.5 Å². The highest BCUT2D eigenvalue weighted by Gasteiger charge is 2.23. The summed E-state index contributed by atoms with van der Waals surface area (Å²) in [5, 5.41) is 9.17. The van der Waals surface area contributed by atoms with Crippen LogP contribution in [0.4, 0.5) is 17.1 Å². The van der Waals surface area contributed by atoms with Gasteiger partial charge in [0, 0.05) is 49.3 Å². The highest BCUT2D eigenvalue weighted by Crippen LogP contribution is 2.47. The standard InChI is InChI=1S/C52H32N2O2/c1-2-14-38-33(12-1)24-30-41-43-32-34(25-31-49(43)56-52(38)41)37-13-3-7-18-44(37)54(47-21-11-23-50-51(47)42-17-6-10-22-48(42)55-50)36-28-26-35(27-29-36)53-45-19-8-4-15-39(45)40-16-5-9-20-46(40)53/h1-32H. The summed E-state index contributed by atoms with van der Waals surface area (Å²) in [7, 11) is 0. The van der Waals surface area contributed by atoms with Crippen LogP contribution in [0.3, 0.4) is 0 Å². The minimum atomic E-state index is 0.853. The summed E-state index contributed by atoms with van der Waals surface area (Å²) in [6, 6.07) is 69.1. The van der Waals surface area contributed by atoms with Crippen molar-refractivity contribution in [2.24, 2.45) is 0 Å². The van der Waals surface area contributed by atoms with Crippen molar-refractivity contribution in [2.45, 2.75) is 0 Å². The predicted molar refractivity (Wildman–Crippen MR) is 233 cm³/mol. The van der Waals surface area contributed by atoms with E-state index in [0.717, 1.165) is 83.1 Å². The van der Waals surface area contributed by atoms with E-state index in [1.165, 1.54) is 27.2 Å². The van der Waals surface area contributed by atoms with Gasteiger partial charge in [0.25, 0.3) is 0 Å². The molecule has 0 saturated heterocycles. The van der Waals surface area contributed by atoms with Crippen molar-refractivity contribution < 1.29 is 8.83 Å². The van der Waals surface area contributed by atoms with Crippen molar-refractivity contribution in [3.05, 3.63) is 194 Å². The molecule has 56 heavy (non-hydrogen) atoms. The minimum Gasteiger partial charge on any atom is -0.456 e. The first kappa shape index (κ1) is 30.9. The average Bonchev–Trinajstić information content (AvgIpc) is 3.94. The Morgan fingerprint density at radius 2 is 1.04 bits per heavy atom. The number of para-hydroxylation sites is 4. The van der Waals surface area contributed by atoms with Crippen LogP contribution >= 0.6 is 0 Å². The lowest BCUT2D eigenvalue weighted by Gasteiger charge is -2.28. The quantitative estimate of drug-likeness (QED) is 0.178. The van der Waals surface area contributed by atoms with E-state index in [9.17, 15) is 0 Å². The number of fused-ring (bicyclic) bond motifs is 11. The van der Waals surface area contributed by atoms with Gasteiger partial charge in [-0.05, 0) is 89.8 Å². The first-order valence-corrected chi connectivity index (χ1v) is 19.0. The molecule has 3 heterocycles. The van der Waals surface area contributed by atoms with Crippen LogP contribution in [0.25, 0.3) is 93.3 Å². The second-order valence-electron chi connectivity index (χ2n) is 14.5. The van der Waals surface area contributed by atoms with Gasteiger partial charge in [0.15, 0.2) is 0 Å². The summed E-state index contributed by atoms with van der Waals surface area (Å²) in [6.45, 7) is 0. The van der Waals surface area contributed by atoms with Crippen molar-refractivity contribution in [1.29, 1.82) is 0 Å². The van der Waals surface area contributed by atoms with E-state index in [-0.39, 0.29) is 0 Å². The summed E-state index contributed by atoms with van der Waals surface area (Å²) >= 11 is 0. The first-order valence-electron chi connectivity index (χ1n) is 19.0. The third-order valence-electron chi connectivity index (χ3n) is 11.4. The summed E-state index contributed by atoms with van der Waals surface area (Å²) < 4.78 is 15.3. The number of benzene rings is 9. The third-order valence-corrected chi connectivity index (χ3v) is 11.4. The Bertz CT molecular complexity index is 3440. The number of anilines is 3. The van der Waals surface area contributed by atoms with Gasteiger partial charge in [-0.3, -0.25) is 0 Å². The third kappa shape index (κ3) is 4.53. The lowest BCUT2D eigenvalue weighted by molar-refractivity contribution is 0.669. The SMILES string of the molecule is c1ccc(N(c2ccc(-n3c4ccccc4c4ccccc43)cc2)c2cccc3oc4ccccc4c23)c(-c2ccc3oc4c5ccccc5ccc4c3c2)c1. The Morgan fingerprint density at radius 1 is 0.393 bits per heavy atom. The van der Waals surface area contributed by atoms with E-state index >= 15 is 0 Å². The molecule has 0 N–H and O–H groups in total. The molecule has 0 aliphatic rings. The molecule has 0 saturated carbocycles. The molecule has 0 aliphatic carbocycles. The number of nitrogens with zero attached hydrogens (tertiary/aromatic N) is 2.